The average Bonchev–Trinajstić information content (AvgIpc) is 2.43. The minimum atomic E-state index is -1.52. The zero-order chi connectivity index (χ0) is 14.9. The van der Waals surface area contributed by atoms with Gasteiger partial charge in [-0.3, -0.25) is 0 Å². The molecule has 0 bridgehead atoms. The first-order chi connectivity index (χ1) is 9.45. The molecule has 0 unspecified atom stereocenters. The molecule has 2 aliphatic rings. The quantitative estimate of drug-likeness (QED) is 0.306. The van der Waals surface area contributed by atoms with Crippen molar-refractivity contribution in [2.45, 2.75) is 49.0 Å². The topological polar surface area (TPSA) is 149 Å². The number of hydrogen-bond acceptors (Lipinski definition) is 9. The van der Waals surface area contributed by atoms with E-state index in [1.165, 1.54) is 0 Å². The van der Waals surface area contributed by atoms with Crippen LogP contribution < -0.4 is 0 Å². The van der Waals surface area contributed by atoms with Crippen LogP contribution in [0.15, 0.2) is 0 Å². The predicted molar refractivity (Wildman–Crippen MR) is 61.5 cm³/mol. The highest BCUT2D eigenvalue weighted by Crippen LogP contribution is 2.24. The summed E-state index contributed by atoms with van der Waals surface area (Å²) >= 11 is 0. The number of rotatable bonds is 3. The lowest BCUT2D eigenvalue weighted by Crippen LogP contribution is -2.60. The van der Waals surface area contributed by atoms with Gasteiger partial charge in [-0.2, -0.15) is 0 Å². The van der Waals surface area contributed by atoms with E-state index in [1.54, 1.807) is 0 Å². The lowest BCUT2D eigenvalue weighted by atomic mass is 9.99. The first kappa shape index (κ1) is 16.0. The van der Waals surface area contributed by atoms with Gasteiger partial charge in [0.2, 0.25) is 0 Å². The molecule has 0 saturated carbocycles. The lowest BCUT2D eigenvalue weighted by Gasteiger charge is -2.42. The van der Waals surface area contributed by atoms with E-state index < -0.39 is 55.6 Å². The highest BCUT2D eigenvalue weighted by molar-refractivity contribution is 4.90. The van der Waals surface area contributed by atoms with Crippen molar-refractivity contribution in [3.63, 3.8) is 0 Å². The second-order valence-electron chi connectivity index (χ2n) is 4.96. The third-order valence-electron chi connectivity index (χ3n) is 3.50. The summed E-state index contributed by atoms with van der Waals surface area (Å²) in [7, 11) is 0. The van der Waals surface area contributed by atoms with Crippen molar-refractivity contribution in [1.82, 2.24) is 0 Å². The third-order valence-corrected chi connectivity index (χ3v) is 3.50. The maximum atomic E-state index is 9.91. The molecule has 0 aliphatic carbocycles. The van der Waals surface area contributed by atoms with Gasteiger partial charge in [-0.1, -0.05) is 0 Å². The highest BCUT2D eigenvalue weighted by atomic mass is 16.7. The van der Waals surface area contributed by atoms with Gasteiger partial charge >= 0.3 is 0 Å². The molecule has 2 rings (SSSR count). The van der Waals surface area contributed by atoms with Crippen molar-refractivity contribution >= 4 is 0 Å². The van der Waals surface area contributed by atoms with Gasteiger partial charge in [-0.05, 0) is 0 Å². The van der Waals surface area contributed by atoms with Gasteiger partial charge in [0.1, 0.15) is 42.7 Å². The zero-order valence-corrected chi connectivity index (χ0v) is 10.6. The van der Waals surface area contributed by atoms with Crippen molar-refractivity contribution in [3.8, 4) is 0 Å². The fraction of sp³-hybridized carbons (Fsp3) is 1.00. The standard InChI is InChI=1S/C11H20O9/c12-1-6-8(16)10(5(14)3-18-6)20-11-9(17)7(15)4(13)2-19-11/h4-17H,1-3H2/t4-,5-,6+,7+,8+,9-,10+,11+/m1/s1. The van der Waals surface area contributed by atoms with Gasteiger partial charge in [0, 0.05) is 0 Å². The molecule has 9 nitrogen and oxygen atoms in total. The Kier molecular flexibility index (Phi) is 5.29. The van der Waals surface area contributed by atoms with E-state index in [0.29, 0.717) is 0 Å². The van der Waals surface area contributed by atoms with Crippen molar-refractivity contribution in [2.24, 2.45) is 0 Å². The summed E-state index contributed by atoms with van der Waals surface area (Å²) in [6, 6.07) is 0. The molecule has 8 atom stereocenters. The minimum absolute atomic E-state index is 0.152. The van der Waals surface area contributed by atoms with Crippen LogP contribution in [-0.4, -0.2) is 99.5 Å². The van der Waals surface area contributed by atoms with Crippen LogP contribution >= 0.6 is 0 Å². The Morgan fingerprint density at radius 1 is 0.850 bits per heavy atom. The maximum Gasteiger partial charge on any atom is 0.186 e. The highest BCUT2D eigenvalue weighted by Gasteiger charge is 2.45. The summed E-state index contributed by atoms with van der Waals surface area (Å²) in [4.78, 5) is 0. The Hall–Kier alpha value is -0.360. The fourth-order valence-corrected chi connectivity index (χ4v) is 2.24. The molecule has 2 aliphatic heterocycles. The second kappa shape index (κ2) is 6.60. The molecule has 0 amide bonds. The van der Waals surface area contributed by atoms with E-state index in [4.69, 9.17) is 19.3 Å². The van der Waals surface area contributed by atoms with Gasteiger partial charge in [-0.15, -0.1) is 0 Å². The Labute approximate surface area is 114 Å². The molecular formula is C11H20O9. The molecule has 0 aromatic heterocycles. The summed E-state index contributed by atoms with van der Waals surface area (Å²) < 4.78 is 15.3. The molecule has 2 heterocycles. The van der Waals surface area contributed by atoms with Crippen molar-refractivity contribution < 1.29 is 44.8 Å². The van der Waals surface area contributed by atoms with Crippen LogP contribution in [-0.2, 0) is 14.2 Å². The van der Waals surface area contributed by atoms with Gasteiger partial charge in [0.05, 0.1) is 19.8 Å². The number of ether oxygens (including phenoxy) is 3. The molecule has 9 heteroatoms. The largest absolute Gasteiger partial charge is 0.394 e. The predicted octanol–water partition coefficient (Wildman–Crippen LogP) is -4.08. The summed E-state index contributed by atoms with van der Waals surface area (Å²) in [5.41, 5.74) is 0. The second-order valence-corrected chi connectivity index (χ2v) is 4.96. The number of hydrogen-bond donors (Lipinski definition) is 6. The molecule has 0 aromatic rings. The summed E-state index contributed by atoms with van der Waals surface area (Å²) in [6.45, 7) is -0.855. The maximum absolute atomic E-state index is 9.91. The lowest BCUT2D eigenvalue weighted by molar-refractivity contribution is -0.315. The van der Waals surface area contributed by atoms with E-state index >= 15 is 0 Å². The van der Waals surface area contributed by atoms with Crippen molar-refractivity contribution in [2.75, 3.05) is 19.8 Å². The smallest absolute Gasteiger partial charge is 0.186 e. The van der Waals surface area contributed by atoms with Crippen LogP contribution in [0.2, 0.25) is 0 Å². The molecule has 118 valence electrons. The molecule has 20 heavy (non-hydrogen) atoms. The third kappa shape index (κ3) is 3.11. The summed E-state index contributed by atoms with van der Waals surface area (Å²) in [6.07, 6.45) is -10.1. The van der Waals surface area contributed by atoms with Gasteiger partial charge in [0.15, 0.2) is 6.29 Å². The SMILES string of the molecule is OC[C@@H]1OC[C@@H](O)[C@H](O[C@@H]2OC[C@@H](O)[C@H](O)[C@H]2O)[C@H]1O. The van der Waals surface area contributed by atoms with E-state index in [9.17, 15) is 25.5 Å². The molecule has 2 saturated heterocycles. The van der Waals surface area contributed by atoms with Gasteiger partial charge < -0.3 is 44.8 Å². The molecule has 6 N–H and O–H groups in total. The summed E-state index contributed by atoms with van der Waals surface area (Å²) in [5.74, 6) is 0. The van der Waals surface area contributed by atoms with Crippen LogP contribution in [0, 0.1) is 0 Å². The van der Waals surface area contributed by atoms with Crippen molar-refractivity contribution in [1.29, 1.82) is 0 Å². The van der Waals surface area contributed by atoms with E-state index in [0.717, 1.165) is 0 Å². The molecular weight excluding hydrogens is 276 g/mol. The van der Waals surface area contributed by atoms with Crippen LogP contribution in [0.25, 0.3) is 0 Å². The number of aliphatic hydroxyl groups is 6. The van der Waals surface area contributed by atoms with E-state index in [-0.39, 0.29) is 13.2 Å². The Morgan fingerprint density at radius 2 is 1.50 bits per heavy atom. The molecule has 2 fully saturated rings. The van der Waals surface area contributed by atoms with Crippen molar-refractivity contribution in [3.05, 3.63) is 0 Å². The monoisotopic (exact) mass is 296 g/mol. The normalized spacial score (nSPS) is 50.1. The van der Waals surface area contributed by atoms with Crippen LogP contribution in [0.3, 0.4) is 0 Å². The Balaban J connectivity index is 2.00. The first-order valence-electron chi connectivity index (χ1n) is 6.35. The van der Waals surface area contributed by atoms with Gasteiger partial charge in [0.25, 0.3) is 0 Å². The Bertz CT molecular complexity index is 314. The first-order valence-corrected chi connectivity index (χ1v) is 6.35. The Morgan fingerprint density at radius 3 is 2.15 bits per heavy atom. The minimum Gasteiger partial charge on any atom is -0.394 e. The van der Waals surface area contributed by atoms with Crippen LogP contribution in [0.1, 0.15) is 0 Å². The zero-order valence-electron chi connectivity index (χ0n) is 10.6. The molecule has 0 spiro atoms. The fourth-order valence-electron chi connectivity index (χ4n) is 2.24. The number of aliphatic hydroxyl groups excluding tert-OH is 6. The summed E-state index contributed by atoms with van der Waals surface area (Å²) in [5, 5.41) is 57.3. The van der Waals surface area contributed by atoms with Crippen LogP contribution in [0.5, 0.6) is 0 Å². The van der Waals surface area contributed by atoms with E-state index in [2.05, 4.69) is 0 Å². The molecule has 0 radical (unpaired) electrons. The molecule has 0 aromatic carbocycles. The van der Waals surface area contributed by atoms with E-state index in [1.807, 2.05) is 0 Å². The van der Waals surface area contributed by atoms with Gasteiger partial charge in [-0.25, -0.2) is 0 Å². The average molecular weight is 296 g/mol. The van der Waals surface area contributed by atoms with Crippen LogP contribution in [0.4, 0.5) is 0 Å².